The van der Waals surface area contributed by atoms with Crippen molar-refractivity contribution >= 4 is 17.5 Å². The van der Waals surface area contributed by atoms with Gasteiger partial charge in [-0.3, -0.25) is 4.79 Å². The van der Waals surface area contributed by atoms with Gasteiger partial charge in [-0.15, -0.1) is 0 Å². The number of ether oxygens (including phenoxy) is 1. The van der Waals surface area contributed by atoms with E-state index in [4.69, 9.17) is 16.3 Å². The third-order valence-corrected chi connectivity index (χ3v) is 3.00. The van der Waals surface area contributed by atoms with Crippen LogP contribution in [0.4, 0.5) is 4.39 Å². The Morgan fingerprint density at radius 3 is 3.06 bits per heavy atom. The summed E-state index contributed by atoms with van der Waals surface area (Å²) >= 11 is 5.70. The lowest BCUT2D eigenvalue weighted by molar-refractivity contribution is -0.131. The molecule has 0 aliphatic carbocycles. The van der Waals surface area contributed by atoms with E-state index in [1.807, 2.05) is 0 Å². The summed E-state index contributed by atoms with van der Waals surface area (Å²) in [6.45, 7) is 1.67. The first-order valence-corrected chi connectivity index (χ1v) is 5.84. The van der Waals surface area contributed by atoms with Crippen molar-refractivity contribution in [3.8, 4) is 0 Å². The standard InChI is InChI=1S/C12H13ClFNO2/c13-10-3-1-2-9(12(10)14)8-15-5-7-17-6-4-11(15)16/h1-3H,4-8H2. The van der Waals surface area contributed by atoms with Crippen molar-refractivity contribution in [1.29, 1.82) is 0 Å². The van der Waals surface area contributed by atoms with Crippen LogP contribution in [-0.4, -0.2) is 30.6 Å². The predicted octanol–water partition coefficient (Wildman–Crippen LogP) is 2.23. The van der Waals surface area contributed by atoms with Gasteiger partial charge >= 0.3 is 0 Å². The van der Waals surface area contributed by atoms with Gasteiger partial charge in [-0.2, -0.15) is 0 Å². The highest BCUT2D eigenvalue weighted by molar-refractivity contribution is 6.30. The molecule has 3 nitrogen and oxygen atoms in total. The first kappa shape index (κ1) is 12.3. The maximum atomic E-state index is 13.7. The average molecular weight is 258 g/mol. The van der Waals surface area contributed by atoms with Gasteiger partial charge in [0.15, 0.2) is 0 Å². The summed E-state index contributed by atoms with van der Waals surface area (Å²) in [5, 5.41) is 0.0843. The molecule has 1 amide bonds. The third kappa shape index (κ3) is 2.96. The number of hydrogen-bond acceptors (Lipinski definition) is 2. The van der Waals surface area contributed by atoms with Crippen LogP contribution in [0, 0.1) is 5.82 Å². The highest BCUT2D eigenvalue weighted by atomic mass is 35.5. The molecule has 2 rings (SSSR count). The molecular weight excluding hydrogens is 245 g/mol. The van der Waals surface area contributed by atoms with Crippen molar-refractivity contribution in [1.82, 2.24) is 4.90 Å². The molecule has 0 bridgehead atoms. The maximum Gasteiger partial charge on any atom is 0.225 e. The minimum absolute atomic E-state index is 0.0122. The van der Waals surface area contributed by atoms with Gasteiger partial charge in [0.2, 0.25) is 5.91 Å². The maximum absolute atomic E-state index is 13.7. The second-order valence-electron chi connectivity index (χ2n) is 3.89. The van der Waals surface area contributed by atoms with E-state index in [0.717, 1.165) is 0 Å². The Kier molecular flexibility index (Phi) is 3.97. The van der Waals surface area contributed by atoms with E-state index in [1.54, 1.807) is 17.0 Å². The highest BCUT2D eigenvalue weighted by Crippen LogP contribution is 2.19. The molecule has 1 aliphatic rings. The molecule has 0 spiro atoms. The van der Waals surface area contributed by atoms with Gasteiger partial charge < -0.3 is 9.64 Å². The van der Waals surface area contributed by atoms with Crippen LogP contribution in [0.3, 0.4) is 0 Å². The summed E-state index contributed by atoms with van der Waals surface area (Å²) in [5.74, 6) is -0.464. The largest absolute Gasteiger partial charge is 0.379 e. The molecule has 0 radical (unpaired) electrons. The van der Waals surface area contributed by atoms with Crippen LogP contribution in [0.5, 0.6) is 0 Å². The Morgan fingerprint density at radius 2 is 2.24 bits per heavy atom. The molecule has 1 heterocycles. The molecule has 1 saturated heterocycles. The summed E-state index contributed by atoms with van der Waals surface area (Å²) in [5.41, 5.74) is 0.438. The first-order valence-electron chi connectivity index (χ1n) is 5.47. The molecule has 0 unspecified atom stereocenters. The van der Waals surface area contributed by atoms with Gasteiger partial charge in [-0.05, 0) is 6.07 Å². The Labute approximate surface area is 104 Å². The second-order valence-corrected chi connectivity index (χ2v) is 4.30. The van der Waals surface area contributed by atoms with Gasteiger partial charge in [0.05, 0.1) is 24.7 Å². The summed E-state index contributed by atoms with van der Waals surface area (Å²) in [7, 11) is 0. The Hall–Kier alpha value is -1.13. The van der Waals surface area contributed by atoms with Crippen LogP contribution >= 0.6 is 11.6 Å². The van der Waals surface area contributed by atoms with E-state index in [1.165, 1.54) is 6.07 Å². The number of nitrogens with zero attached hydrogens (tertiary/aromatic N) is 1. The quantitative estimate of drug-likeness (QED) is 0.813. The fourth-order valence-electron chi connectivity index (χ4n) is 1.76. The lowest BCUT2D eigenvalue weighted by atomic mass is 10.2. The molecule has 1 fully saturated rings. The number of amides is 1. The number of hydrogen-bond donors (Lipinski definition) is 0. The van der Waals surface area contributed by atoms with E-state index in [-0.39, 0.29) is 17.5 Å². The molecule has 92 valence electrons. The Balaban J connectivity index is 2.13. The van der Waals surface area contributed by atoms with E-state index >= 15 is 0 Å². The number of benzene rings is 1. The Morgan fingerprint density at radius 1 is 1.41 bits per heavy atom. The van der Waals surface area contributed by atoms with Crippen LogP contribution in [0.15, 0.2) is 18.2 Å². The molecule has 0 aromatic heterocycles. The molecule has 1 aromatic carbocycles. The van der Waals surface area contributed by atoms with Crippen molar-refractivity contribution in [2.45, 2.75) is 13.0 Å². The van der Waals surface area contributed by atoms with Gasteiger partial charge in [0.1, 0.15) is 5.82 Å². The lowest BCUT2D eigenvalue weighted by Crippen LogP contribution is -2.31. The topological polar surface area (TPSA) is 29.5 Å². The SMILES string of the molecule is O=C1CCOCCN1Cc1cccc(Cl)c1F. The van der Waals surface area contributed by atoms with E-state index in [0.29, 0.717) is 31.7 Å². The zero-order valence-electron chi connectivity index (χ0n) is 9.29. The fraction of sp³-hybridized carbons (Fsp3) is 0.417. The normalized spacial score (nSPS) is 17.1. The van der Waals surface area contributed by atoms with Gasteiger partial charge in [-0.25, -0.2) is 4.39 Å². The smallest absolute Gasteiger partial charge is 0.225 e. The zero-order valence-corrected chi connectivity index (χ0v) is 10.0. The Bertz CT molecular complexity index is 425. The highest BCUT2D eigenvalue weighted by Gasteiger charge is 2.18. The number of carbonyl (C=O) groups is 1. The van der Waals surface area contributed by atoms with Crippen LogP contribution in [-0.2, 0) is 16.1 Å². The minimum atomic E-state index is -0.452. The van der Waals surface area contributed by atoms with Crippen molar-refractivity contribution in [2.24, 2.45) is 0 Å². The number of carbonyl (C=O) groups excluding carboxylic acids is 1. The summed E-state index contributed by atoms with van der Waals surface area (Å²) in [6, 6.07) is 4.81. The molecule has 0 atom stereocenters. The van der Waals surface area contributed by atoms with E-state index < -0.39 is 5.82 Å². The molecule has 17 heavy (non-hydrogen) atoms. The minimum Gasteiger partial charge on any atom is -0.379 e. The van der Waals surface area contributed by atoms with Crippen LogP contribution < -0.4 is 0 Å². The van der Waals surface area contributed by atoms with Crippen molar-refractivity contribution < 1.29 is 13.9 Å². The molecule has 1 aromatic rings. The first-order chi connectivity index (χ1) is 8.18. The van der Waals surface area contributed by atoms with Crippen molar-refractivity contribution in [3.05, 3.63) is 34.6 Å². The van der Waals surface area contributed by atoms with Gasteiger partial charge in [0, 0.05) is 18.7 Å². The van der Waals surface area contributed by atoms with Crippen molar-refractivity contribution in [2.75, 3.05) is 19.8 Å². The van der Waals surface area contributed by atoms with Crippen LogP contribution in [0.2, 0.25) is 5.02 Å². The molecule has 0 saturated carbocycles. The van der Waals surface area contributed by atoms with Crippen LogP contribution in [0.25, 0.3) is 0 Å². The second kappa shape index (κ2) is 5.47. The van der Waals surface area contributed by atoms with Crippen LogP contribution in [0.1, 0.15) is 12.0 Å². The van der Waals surface area contributed by atoms with E-state index in [2.05, 4.69) is 0 Å². The van der Waals surface area contributed by atoms with Crippen molar-refractivity contribution in [3.63, 3.8) is 0 Å². The monoisotopic (exact) mass is 257 g/mol. The predicted molar refractivity (Wildman–Crippen MR) is 62.3 cm³/mol. The summed E-state index contributed by atoms with van der Waals surface area (Å²) in [6.07, 6.45) is 0.349. The molecule has 0 N–H and O–H groups in total. The molecule has 1 aliphatic heterocycles. The lowest BCUT2D eigenvalue weighted by Gasteiger charge is -2.20. The third-order valence-electron chi connectivity index (χ3n) is 2.71. The van der Waals surface area contributed by atoms with Gasteiger partial charge in [0.25, 0.3) is 0 Å². The van der Waals surface area contributed by atoms with Gasteiger partial charge in [-0.1, -0.05) is 23.7 Å². The number of halogens is 2. The fourth-order valence-corrected chi connectivity index (χ4v) is 1.96. The zero-order chi connectivity index (χ0) is 12.3. The summed E-state index contributed by atoms with van der Waals surface area (Å²) in [4.78, 5) is 13.3. The van der Waals surface area contributed by atoms with E-state index in [9.17, 15) is 9.18 Å². The summed E-state index contributed by atoms with van der Waals surface area (Å²) < 4.78 is 18.9. The molecule has 5 heteroatoms. The molecular formula is C12H13ClFNO2. The average Bonchev–Trinajstić information content (AvgIpc) is 2.51. The number of rotatable bonds is 2.